The summed E-state index contributed by atoms with van der Waals surface area (Å²) in [6.45, 7) is 0. The number of benzene rings is 3. The Kier molecular flexibility index (Phi) is 5.17. The molecule has 0 fully saturated rings. The topological polar surface area (TPSA) is 56.7 Å². The number of nitrogens with zero attached hydrogens (tertiary/aromatic N) is 3. The average molecular weight is 459 g/mol. The van der Waals surface area contributed by atoms with Crippen molar-refractivity contribution in [3.8, 4) is 28.1 Å². The lowest BCUT2D eigenvalue weighted by Gasteiger charge is -2.17. The van der Waals surface area contributed by atoms with Crippen molar-refractivity contribution in [3.05, 3.63) is 101 Å². The van der Waals surface area contributed by atoms with E-state index in [1.807, 2.05) is 60.7 Å². The molecule has 2 heterocycles. The first-order valence-electron chi connectivity index (χ1n) is 9.82. The Morgan fingerprint density at radius 3 is 2.25 bits per heavy atom. The van der Waals surface area contributed by atoms with Gasteiger partial charge in [-0.05, 0) is 54.2 Å². The number of hydrogen-bond donors (Lipinski definition) is 1. The summed E-state index contributed by atoms with van der Waals surface area (Å²) in [5.41, 5.74) is 10.9. The highest BCUT2D eigenvalue weighted by molar-refractivity contribution is 7.71. The third-order valence-electron chi connectivity index (χ3n) is 5.21. The van der Waals surface area contributed by atoms with E-state index < -0.39 is 0 Å². The van der Waals surface area contributed by atoms with Crippen LogP contribution in [0.3, 0.4) is 0 Å². The van der Waals surface area contributed by atoms with Gasteiger partial charge in [-0.15, -0.1) is 0 Å². The van der Waals surface area contributed by atoms with Crippen LogP contribution in [0.25, 0.3) is 39.1 Å². The standard InChI is InChI=1S/C25H16ClFN4S/c26-20-9-5-4-8-18(20)19-14-21(15-6-2-1-3-7-15)29-24-22(19)23(28)31(25(32)30-24)17-12-10-16(27)11-13-17/h1-14H,28H2. The van der Waals surface area contributed by atoms with Crippen LogP contribution in [-0.4, -0.2) is 14.5 Å². The van der Waals surface area contributed by atoms with E-state index in [1.165, 1.54) is 12.1 Å². The van der Waals surface area contributed by atoms with Crippen LogP contribution in [0.2, 0.25) is 5.02 Å². The molecule has 5 aromatic rings. The van der Waals surface area contributed by atoms with Crippen LogP contribution < -0.4 is 5.73 Å². The fourth-order valence-electron chi connectivity index (χ4n) is 3.71. The van der Waals surface area contributed by atoms with E-state index in [0.717, 1.165) is 22.4 Å². The predicted molar refractivity (Wildman–Crippen MR) is 130 cm³/mol. The minimum atomic E-state index is -0.349. The Morgan fingerprint density at radius 2 is 1.53 bits per heavy atom. The highest BCUT2D eigenvalue weighted by Gasteiger charge is 2.18. The minimum Gasteiger partial charge on any atom is -0.384 e. The molecule has 32 heavy (non-hydrogen) atoms. The summed E-state index contributed by atoms with van der Waals surface area (Å²) in [7, 11) is 0. The molecule has 0 aliphatic carbocycles. The first-order valence-corrected chi connectivity index (χ1v) is 10.6. The van der Waals surface area contributed by atoms with Crippen molar-refractivity contribution >= 4 is 40.7 Å². The van der Waals surface area contributed by atoms with E-state index in [4.69, 9.17) is 34.5 Å². The molecule has 156 valence electrons. The van der Waals surface area contributed by atoms with Gasteiger partial charge < -0.3 is 5.73 Å². The Labute approximate surface area is 193 Å². The van der Waals surface area contributed by atoms with Crippen LogP contribution in [0.1, 0.15) is 0 Å². The number of rotatable bonds is 3. The number of pyridine rings is 1. The van der Waals surface area contributed by atoms with Gasteiger partial charge in [-0.1, -0.05) is 60.1 Å². The zero-order chi connectivity index (χ0) is 22.2. The molecule has 0 bridgehead atoms. The van der Waals surface area contributed by atoms with Gasteiger partial charge in [0.25, 0.3) is 0 Å². The molecule has 2 N–H and O–H groups in total. The van der Waals surface area contributed by atoms with Gasteiger partial charge in [-0.3, -0.25) is 4.57 Å². The molecule has 0 radical (unpaired) electrons. The third kappa shape index (κ3) is 3.53. The van der Waals surface area contributed by atoms with Crippen molar-refractivity contribution in [2.45, 2.75) is 0 Å². The molecule has 4 nitrogen and oxygen atoms in total. The van der Waals surface area contributed by atoms with Gasteiger partial charge in [0.05, 0.1) is 16.8 Å². The van der Waals surface area contributed by atoms with Crippen LogP contribution >= 0.6 is 23.8 Å². The van der Waals surface area contributed by atoms with Gasteiger partial charge in [0.15, 0.2) is 5.65 Å². The maximum atomic E-state index is 13.5. The van der Waals surface area contributed by atoms with Gasteiger partial charge in [0, 0.05) is 16.1 Å². The van der Waals surface area contributed by atoms with Crippen molar-refractivity contribution < 1.29 is 4.39 Å². The van der Waals surface area contributed by atoms with Crippen molar-refractivity contribution in [2.75, 3.05) is 5.73 Å². The highest BCUT2D eigenvalue weighted by Crippen LogP contribution is 2.38. The molecule has 3 aromatic carbocycles. The molecule has 2 aromatic heterocycles. The van der Waals surface area contributed by atoms with Crippen molar-refractivity contribution in [3.63, 3.8) is 0 Å². The third-order valence-corrected chi connectivity index (χ3v) is 5.81. The van der Waals surface area contributed by atoms with E-state index in [1.54, 1.807) is 16.7 Å². The van der Waals surface area contributed by atoms with Gasteiger partial charge in [-0.2, -0.15) is 4.98 Å². The quantitative estimate of drug-likeness (QED) is 0.300. The van der Waals surface area contributed by atoms with Gasteiger partial charge in [-0.25, -0.2) is 9.37 Å². The molecule has 0 amide bonds. The van der Waals surface area contributed by atoms with Crippen LogP contribution in [0.5, 0.6) is 0 Å². The molecule has 0 atom stereocenters. The Bertz CT molecular complexity index is 1520. The van der Waals surface area contributed by atoms with E-state index in [0.29, 0.717) is 27.6 Å². The lowest BCUT2D eigenvalue weighted by molar-refractivity contribution is 0.627. The SMILES string of the molecule is Nc1c2c(-c3ccccc3Cl)cc(-c3ccccc3)nc2nc(=S)n1-c1ccc(F)cc1. The van der Waals surface area contributed by atoms with Crippen molar-refractivity contribution in [1.82, 2.24) is 14.5 Å². The maximum Gasteiger partial charge on any atom is 0.207 e. The summed E-state index contributed by atoms with van der Waals surface area (Å²) in [4.78, 5) is 9.34. The largest absolute Gasteiger partial charge is 0.384 e. The number of halogens is 2. The zero-order valence-electron chi connectivity index (χ0n) is 16.7. The number of anilines is 1. The highest BCUT2D eigenvalue weighted by atomic mass is 35.5. The lowest BCUT2D eigenvalue weighted by atomic mass is 9.99. The van der Waals surface area contributed by atoms with E-state index in [9.17, 15) is 4.39 Å². The predicted octanol–water partition coefficient (Wildman–Crippen LogP) is 6.86. The zero-order valence-corrected chi connectivity index (χ0v) is 18.2. The summed E-state index contributed by atoms with van der Waals surface area (Å²) in [5.74, 6) is 0.00662. The number of aromatic nitrogens is 3. The Hall–Kier alpha value is -3.61. The first-order chi connectivity index (χ1) is 15.5. The van der Waals surface area contributed by atoms with Crippen molar-refractivity contribution in [1.29, 1.82) is 0 Å². The maximum absolute atomic E-state index is 13.5. The average Bonchev–Trinajstić information content (AvgIpc) is 2.80. The second-order valence-electron chi connectivity index (χ2n) is 7.19. The molecular formula is C25H16ClFN4S. The number of hydrogen-bond acceptors (Lipinski definition) is 4. The van der Waals surface area contributed by atoms with Crippen LogP contribution in [-0.2, 0) is 0 Å². The second-order valence-corrected chi connectivity index (χ2v) is 7.96. The first kappa shape index (κ1) is 20.3. The Balaban J connectivity index is 1.89. The summed E-state index contributed by atoms with van der Waals surface area (Å²) < 4.78 is 15.3. The fraction of sp³-hybridized carbons (Fsp3) is 0. The normalized spacial score (nSPS) is 11.1. The van der Waals surface area contributed by atoms with E-state index in [2.05, 4.69) is 4.98 Å². The number of nitrogen functional groups attached to an aromatic ring is 1. The van der Waals surface area contributed by atoms with Gasteiger partial charge in [0.2, 0.25) is 4.77 Å². The molecule has 7 heteroatoms. The molecule has 0 aliphatic rings. The fourth-order valence-corrected chi connectivity index (χ4v) is 4.24. The van der Waals surface area contributed by atoms with Crippen molar-refractivity contribution in [2.24, 2.45) is 0 Å². The van der Waals surface area contributed by atoms with Gasteiger partial charge >= 0.3 is 0 Å². The lowest BCUT2D eigenvalue weighted by Crippen LogP contribution is -2.09. The summed E-state index contributed by atoms with van der Waals surface area (Å²) >= 11 is 12.1. The summed E-state index contributed by atoms with van der Waals surface area (Å²) in [5, 5.41) is 1.20. The number of fused-ring (bicyclic) bond motifs is 1. The van der Waals surface area contributed by atoms with E-state index >= 15 is 0 Å². The Morgan fingerprint density at radius 1 is 0.844 bits per heavy atom. The molecule has 0 saturated heterocycles. The smallest absolute Gasteiger partial charge is 0.207 e. The number of nitrogens with two attached hydrogens (primary N) is 1. The molecule has 0 saturated carbocycles. The van der Waals surface area contributed by atoms with Crippen LogP contribution in [0.15, 0.2) is 84.9 Å². The molecule has 0 spiro atoms. The summed E-state index contributed by atoms with van der Waals surface area (Å²) in [6, 6.07) is 25.2. The van der Waals surface area contributed by atoms with Gasteiger partial charge in [0.1, 0.15) is 11.6 Å². The molecule has 0 unspecified atom stereocenters. The minimum absolute atomic E-state index is 0.226. The van der Waals surface area contributed by atoms with Crippen LogP contribution in [0.4, 0.5) is 10.2 Å². The second kappa shape index (κ2) is 8.15. The monoisotopic (exact) mass is 458 g/mol. The van der Waals surface area contributed by atoms with Crippen LogP contribution in [0, 0.1) is 10.6 Å². The van der Waals surface area contributed by atoms with E-state index in [-0.39, 0.29) is 10.6 Å². The molecular weight excluding hydrogens is 443 g/mol. The summed E-state index contributed by atoms with van der Waals surface area (Å²) in [6.07, 6.45) is 0. The molecule has 0 aliphatic heterocycles. The molecule has 5 rings (SSSR count).